The van der Waals surface area contributed by atoms with Crippen molar-refractivity contribution in [3.8, 4) is 0 Å². The molecule has 1 amide bonds. The van der Waals surface area contributed by atoms with Crippen LogP contribution < -0.4 is 10.2 Å². The average Bonchev–Trinajstić information content (AvgIpc) is 2.58. The molecule has 0 aliphatic rings. The predicted molar refractivity (Wildman–Crippen MR) is 103 cm³/mol. The van der Waals surface area contributed by atoms with Crippen LogP contribution in [0.2, 0.25) is 0 Å². The first kappa shape index (κ1) is 19.0. The van der Waals surface area contributed by atoms with Crippen LogP contribution in [0.1, 0.15) is 48.4 Å². The molecule has 0 aromatic heterocycles. The third-order valence-corrected chi connectivity index (χ3v) is 4.26. The zero-order valence-corrected chi connectivity index (χ0v) is 15.7. The lowest BCUT2D eigenvalue weighted by Crippen LogP contribution is -2.28. The Morgan fingerprint density at radius 1 is 1.04 bits per heavy atom. The lowest BCUT2D eigenvalue weighted by Gasteiger charge is -2.19. The molecule has 2 N–H and O–H groups in total. The van der Waals surface area contributed by atoms with Gasteiger partial charge in [0.2, 0.25) is 0 Å². The molecular formula is C21H28N2O2. The van der Waals surface area contributed by atoms with Crippen molar-refractivity contribution in [2.24, 2.45) is 0 Å². The fraction of sp³-hybridized carbons (Fsp3) is 0.381. The first-order valence-electron chi connectivity index (χ1n) is 8.52. The molecule has 0 radical (unpaired) electrons. The summed E-state index contributed by atoms with van der Waals surface area (Å²) >= 11 is 0. The Balaban J connectivity index is 1.94. The van der Waals surface area contributed by atoms with E-state index in [1.807, 2.05) is 67.5 Å². The molecule has 0 spiro atoms. The number of carbonyl (C=O) groups excluding carboxylic acids is 1. The molecule has 4 nitrogen and oxygen atoms in total. The second-order valence-corrected chi connectivity index (χ2v) is 7.54. The van der Waals surface area contributed by atoms with Crippen molar-refractivity contribution < 1.29 is 9.90 Å². The van der Waals surface area contributed by atoms with Crippen LogP contribution in [0.3, 0.4) is 0 Å². The van der Waals surface area contributed by atoms with Gasteiger partial charge < -0.3 is 15.3 Å². The van der Waals surface area contributed by atoms with Gasteiger partial charge in [-0.1, -0.05) is 45.0 Å². The first-order chi connectivity index (χ1) is 11.7. The molecule has 0 unspecified atom stereocenters. The van der Waals surface area contributed by atoms with Gasteiger partial charge in [0.15, 0.2) is 0 Å². The zero-order valence-electron chi connectivity index (χ0n) is 15.7. The molecule has 0 fully saturated rings. The molecule has 0 saturated heterocycles. The Kier molecular flexibility index (Phi) is 5.85. The molecule has 0 aliphatic heterocycles. The van der Waals surface area contributed by atoms with E-state index in [0.29, 0.717) is 5.56 Å². The molecule has 4 heteroatoms. The van der Waals surface area contributed by atoms with Crippen molar-refractivity contribution >= 4 is 11.6 Å². The lowest BCUT2D eigenvalue weighted by atomic mass is 9.87. The van der Waals surface area contributed by atoms with Crippen molar-refractivity contribution in [2.75, 3.05) is 25.5 Å². The van der Waals surface area contributed by atoms with Crippen molar-refractivity contribution in [2.45, 2.75) is 32.3 Å². The van der Waals surface area contributed by atoms with Crippen molar-refractivity contribution in [3.05, 3.63) is 65.2 Å². The lowest BCUT2D eigenvalue weighted by molar-refractivity contribution is 0.0916. The molecule has 2 rings (SSSR count). The first-order valence-corrected chi connectivity index (χ1v) is 8.52. The molecule has 134 valence electrons. The number of carbonyl (C=O) groups is 1. The topological polar surface area (TPSA) is 52.6 Å². The summed E-state index contributed by atoms with van der Waals surface area (Å²) in [6, 6.07) is 15.3. The van der Waals surface area contributed by atoms with Gasteiger partial charge in [0.25, 0.3) is 5.91 Å². The van der Waals surface area contributed by atoms with Gasteiger partial charge in [-0.3, -0.25) is 4.79 Å². The highest BCUT2D eigenvalue weighted by molar-refractivity contribution is 5.94. The Morgan fingerprint density at radius 3 is 2.08 bits per heavy atom. The standard InChI is InChI=1S/C21H28N2O2/c1-21(2,3)17-10-6-16(7-11-17)20(25)22-14-19(24)15-8-12-18(13-9-15)23(4)5/h6-13,19,24H,14H2,1-5H3,(H,22,25)/t19-/m0/s1. The number of rotatable bonds is 5. The molecule has 2 aromatic rings. The van der Waals surface area contributed by atoms with Gasteiger partial charge >= 0.3 is 0 Å². The van der Waals surface area contributed by atoms with E-state index in [0.717, 1.165) is 11.3 Å². The van der Waals surface area contributed by atoms with Crippen LogP contribution in [0.4, 0.5) is 5.69 Å². The number of anilines is 1. The van der Waals surface area contributed by atoms with Crippen molar-refractivity contribution in [1.82, 2.24) is 5.32 Å². The number of benzene rings is 2. The second-order valence-electron chi connectivity index (χ2n) is 7.54. The molecule has 0 heterocycles. The van der Waals surface area contributed by atoms with Crippen LogP contribution in [0.25, 0.3) is 0 Å². The Morgan fingerprint density at radius 2 is 1.60 bits per heavy atom. The van der Waals surface area contributed by atoms with Crippen LogP contribution in [0.5, 0.6) is 0 Å². The van der Waals surface area contributed by atoms with E-state index in [9.17, 15) is 9.90 Å². The number of aliphatic hydroxyl groups is 1. The predicted octanol–water partition coefficient (Wildman–Crippen LogP) is 3.51. The van der Waals surface area contributed by atoms with Crippen LogP contribution in [-0.4, -0.2) is 31.7 Å². The van der Waals surface area contributed by atoms with Crippen molar-refractivity contribution in [3.63, 3.8) is 0 Å². The quantitative estimate of drug-likeness (QED) is 0.876. The fourth-order valence-electron chi connectivity index (χ4n) is 2.53. The highest BCUT2D eigenvalue weighted by atomic mass is 16.3. The van der Waals surface area contributed by atoms with Gasteiger partial charge in [0.05, 0.1) is 6.10 Å². The summed E-state index contributed by atoms with van der Waals surface area (Å²) in [5, 5.41) is 13.1. The summed E-state index contributed by atoms with van der Waals surface area (Å²) in [5.74, 6) is -0.176. The van der Waals surface area contributed by atoms with Crippen LogP contribution in [-0.2, 0) is 5.41 Å². The molecule has 25 heavy (non-hydrogen) atoms. The second kappa shape index (κ2) is 7.70. The van der Waals surface area contributed by atoms with E-state index in [4.69, 9.17) is 0 Å². The molecule has 2 aromatic carbocycles. The van der Waals surface area contributed by atoms with Crippen LogP contribution in [0.15, 0.2) is 48.5 Å². The summed E-state index contributed by atoms with van der Waals surface area (Å²) < 4.78 is 0. The molecule has 1 atom stereocenters. The average molecular weight is 340 g/mol. The summed E-state index contributed by atoms with van der Waals surface area (Å²) in [6.07, 6.45) is -0.728. The summed E-state index contributed by atoms with van der Waals surface area (Å²) in [5.41, 5.74) is 3.70. The van der Waals surface area contributed by atoms with Gasteiger partial charge in [0, 0.05) is 31.9 Å². The molecule has 0 bridgehead atoms. The Hall–Kier alpha value is -2.33. The minimum Gasteiger partial charge on any atom is -0.387 e. The maximum absolute atomic E-state index is 12.3. The number of hydrogen-bond donors (Lipinski definition) is 2. The van der Waals surface area contributed by atoms with E-state index in [1.54, 1.807) is 0 Å². The van der Waals surface area contributed by atoms with E-state index < -0.39 is 6.10 Å². The number of nitrogens with one attached hydrogen (secondary N) is 1. The Bertz CT molecular complexity index is 698. The largest absolute Gasteiger partial charge is 0.387 e. The fourth-order valence-corrected chi connectivity index (χ4v) is 2.53. The van der Waals surface area contributed by atoms with Gasteiger partial charge in [-0.15, -0.1) is 0 Å². The zero-order chi connectivity index (χ0) is 18.6. The van der Waals surface area contributed by atoms with Gasteiger partial charge in [-0.25, -0.2) is 0 Å². The number of hydrogen-bond acceptors (Lipinski definition) is 3. The minimum atomic E-state index is -0.728. The van der Waals surface area contributed by atoms with Crippen molar-refractivity contribution in [1.29, 1.82) is 0 Å². The SMILES string of the molecule is CN(C)c1ccc([C@@H](O)CNC(=O)c2ccc(C(C)(C)C)cc2)cc1. The molecular weight excluding hydrogens is 312 g/mol. The molecule has 0 saturated carbocycles. The monoisotopic (exact) mass is 340 g/mol. The smallest absolute Gasteiger partial charge is 0.251 e. The summed E-state index contributed by atoms with van der Waals surface area (Å²) in [6.45, 7) is 6.60. The third-order valence-electron chi connectivity index (χ3n) is 4.26. The number of amides is 1. The number of aliphatic hydroxyl groups excluding tert-OH is 1. The normalized spacial score (nSPS) is 12.6. The van der Waals surface area contributed by atoms with E-state index in [2.05, 4.69) is 26.1 Å². The van der Waals surface area contributed by atoms with E-state index >= 15 is 0 Å². The molecule has 0 aliphatic carbocycles. The van der Waals surface area contributed by atoms with Gasteiger partial charge in [0.1, 0.15) is 0 Å². The maximum atomic E-state index is 12.3. The third kappa shape index (κ3) is 5.07. The highest BCUT2D eigenvalue weighted by Crippen LogP contribution is 2.22. The highest BCUT2D eigenvalue weighted by Gasteiger charge is 2.15. The maximum Gasteiger partial charge on any atom is 0.251 e. The van der Waals surface area contributed by atoms with Crippen LogP contribution >= 0.6 is 0 Å². The Labute approximate surface area is 150 Å². The van der Waals surface area contributed by atoms with Crippen LogP contribution in [0, 0.1) is 0 Å². The van der Waals surface area contributed by atoms with Gasteiger partial charge in [-0.2, -0.15) is 0 Å². The van der Waals surface area contributed by atoms with E-state index in [1.165, 1.54) is 5.56 Å². The number of nitrogens with zero attached hydrogens (tertiary/aromatic N) is 1. The van der Waals surface area contributed by atoms with E-state index in [-0.39, 0.29) is 17.9 Å². The van der Waals surface area contributed by atoms with Gasteiger partial charge in [-0.05, 0) is 40.8 Å². The summed E-state index contributed by atoms with van der Waals surface area (Å²) in [4.78, 5) is 14.3. The summed E-state index contributed by atoms with van der Waals surface area (Å²) in [7, 11) is 3.94. The minimum absolute atomic E-state index is 0.0594.